The van der Waals surface area contributed by atoms with Gasteiger partial charge in [0.1, 0.15) is 17.5 Å². The number of carbonyl (C=O) groups is 1. The molecule has 0 atom stereocenters. The van der Waals surface area contributed by atoms with E-state index in [1.54, 1.807) is 0 Å². The Morgan fingerprint density at radius 2 is 2.21 bits per heavy atom. The van der Waals surface area contributed by atoms with Crippen molar-refractivity contribution in [1.29, 1.82) is 5.26 Å². The number of aromatic nitrogens is 3. The number of nitrogens with one attached hydrogen (secondary N) is 3. The van der Waals surface area contributed by atoms with Crippen molar-refractivity contribution in [2.45, 2.75) is 25.3 Å². The van der Waals surface area contributed by atoms with Crippen molar-refractivity contribution in [3.63, 3.8) is 0 Å². The van der Waals surface area contributed by atoms with E-state index in [1.165, 1.54) is 24.3 Å². The number of fused-ring (bicyclic) bond motifs is 1. The molecule has 3 N–H and O–H groups in total. The molecule has 1 aromatic carbocycles. The number of anilines is 2. The van der Waals surface area contributed by atoms with E-state index >= 15 is 0 Å². The third kappa shape index (κ3) is 3.99. The SMILES string of the molecule is COC(=O)[C@H]1C[C@H](Nc2nc(NCCc3c[nH]c4ccccc34)ncc2C#N)C1. The molecule has 0 spiro atoms. The number of esters is 1. The van der Waals surface area contributed by atoms with Gasteiger partial charge in [-0.2, -0.15) is 10.2 Å². The largest absolute Gasteiger partial charge is 0.469 e. The predicted octanol–water partition coefficient (Wildman–Crippen LogP) is 2.85. The second-order valence-electron chi connectivity index (χ2n) is 7.14. The Hall–Kier alpha value is -3.60. The van der Waals surface area contributed by atoms with Crippen LogP contribution < -0.4 is 10.6 Å². The van der Waals surface area contributed by atoms with Crippen LogP contribution in [0.4, 0.5) is 11.8 Å². The van der Waals surface area contributed by atoms with Crippen molar-refractivity contribution in [2.24, 2.45) is 5.92 Å². The molecule has 29 heavy (non-hydrogen) atoms. The molecule has 0 amide bonds. The molecule has 2 heterocycles. The van der Waals surface area contributed by atoms with Gasteiger partial charge in [0, 0.05) is 29.7 Å². The summed E-state index contributed by atoms with van der Waals surface area (Å²) in [6, 6.07) is 10.4. The number of aromatic amines is 1. The molecule has 0 radical (unpaired) electrons. The quantitative estimate of drug-likeness (QED) is 0.531. The highest BCUT2D eigenvalue weighted by atomic mass is 16.5. The fraction of sp³-hybridized carbons (Fsp3) is 0.333. The van der Waals surface area contributed by atoms with E-state index in [1.807, 2.05) is 18.3 Å². The molecule has 3 aromatic rings. The number of nitriles is 1. The summed E-state index contributed by atoms with van der Waals surface area (Å²) < 4.78 is 4.76. The van der Waals surface area contributed by atoms with Gasteiger partial charge >= 0.3 is 5.97 Å². The molecule has 0 saturated heterocycles. The fourth-order valence-electron chi connectivity index (χ4n) is 3.59. The third-order valence-electron chi connectivity index (χ3n) is 5.28. The molecule has 1 aliphatic carbocycles. The van der Waals surface area contributed by atoms with Crippen molar-refractivity contribution in [2.75, 3.05) is 24.3 Å². The van der Waals surface area contributed by atoms with Crippen molar-refractivity contribution in [3.05, 3.63) is 47.8 Å². The zero-order valence-corrected chi connectivity index (χ0v) is 16.1. The summed E-state index contributed by atoms with van der Waals surface area (Å²) in [4.78, 5) is 23.5. The summed E-state index contributed by atoms with van der Waals surface area (Å²) >= 11 is 0. The number of methoxy groups -OCH3 is 1. The molecule has 1 fully saturated rings. The van der Waals surface area contributed by atoms with Crippen LogP contribution in [0.1, 0.15) is 24.0 Å². The zero-order chi connectivity index (χ0) is 20.2. The minimum absolute atomic E-state index is 0.0846. The van der Waals surface area contributed by atoms with Crippen LogP contribution in [0.3, 0.4) is 0 Å². The summed E-state index contributed by atoms with van der Waals surface area (Å²) in [5.74, 6) is 0.685. The van der Waals surface area contributed by atoms with Crippen molar-refractivity contribution < 1.29 is 9.53 Å². The van der Waals surface area contributed by atoms with Gasteiger partial charge in [-0.05, 0) is 30.9 Å². The lowest BCUT2D eigenvalue weighted by molar-refractivity contribution is -0.148. The van der Waals surface area contributed by atoms with E-state index in [0.717, 1.165) is 11.9 Å². The number of nitrogens with zero attached hydrogens (tertiary/aromatic N) is 3. The number of ether oxygens (including phenoxy) is 1. The molecule has 8 nitrogen and oxygen atoms in total. The van der Waals surface area contributed by atoms with Gasteiger partial charge in [0.25, 0.3) is 0 Å². The Balaban J connectivity index is 1.37. The topological polar surface area (TPSA) is 116 Å². The van der Waals surface area contributed by atoms with Crippen molar-refractivity contribution >= 4 is 28.6 Å². The van der Waals surface area contributed by atoms with Crippen LogP contribution in [0.2, 0.25) is 0 Å². The van der Waals surface area contributed by atoms with Crippen LogP contribution >= 0.6 is 0 Å². The molecule has 148 valence electrons. The van der Waals surface area contributed by atoms with Gasteiger partial charge in [-0.15, -0.1) is 0 Å². The second kappa shape index (κ2) is 8.19. The Labute approximate surface area is 168 Å². The minimum Gasteiger partial charge on any atom is -0.469 e. The number of para-hydroxylation sites is 1. The Morgan fingerprint density at radius 1 is 1.38 bits per heavy atom. The maximum absolute atomic E-state index is 11.5. The Kier molecular flexibility index (Phi) is 5.29. The van der Waals surface area contributed by atoms with E-state index in [-0.39, 0.29) is 17.9 Å². The molecule has 0 aliphatic heterocycles. The van der Waals surface area contributed by atoms with Crippen molar-refractivity contribution in [3.8, 4) is 6.07 Å². The van der Waals surface area contributed by atoms with Crippen LogP contribution in [0, 0.1) is 17.2 Å². The minimum atomic E-state index is -0.189. The highest BCUT2D eigenvalue weighted by Crippen LogP contribution is 2.31. The lowest BCUT2D eigenvalue weighted by Gasteiger charge is -2.34. The normalized spacial score (nSPS) is 17.9. The highest BCUT2D eigenvalue weighted by molar-refractivity contribution is 5.83. The van der Waals surface area contributed by atoms with Crippen LogP contribution in [0.25, 0.3) is 10.9 Å². The monoisotopic (exact) mass is 390 g/mol. The first kappa shape index (κ1) is 18.7. The summed E-state index contributed by atoms with van der Waals surface area (Å²) in [5, 5.41) is 17.0. The molecule has 4 rings (SSSR count). The standard InChI is InChI=1S/C21H22N6O2/c1-29-20(28)14-8-16(9-14)26-19-15(10-22)12-25-21(27-19)23-7-6-13-11-24-18-5-3-2-4-17(13)18/h2-5,11-12,14,16,24H,6-9H2,1H3,(H2,23,25,26,27)/t14-,16-. The van der Waals surface area contributed by atoms with Gasteiger partial charge in [-0.25, -0.2) is 4.98 Å². The summed E-state index contributed by atoms with van der Waals surface area (Å²) in [6.45, 7) is 0.668. The smallest absolute Gasteiger partial charge is 0.308 e. The van der Waals surface area contributed by atoms with Gasteiger partial charge in [0.2, 0.25) is 5.95 Å². The number of carbonyl (C=O) groups excluding carboxylic acids is 1. The summed E-state index contributed by atoms with van der Waals surface area (Å²) in [7, 11) is 1.40. The maximum Gasteiger partial charge on any atom is 0.308 e. The second-order valence-corrected chi connectivity index (χ2v) is 7.14. The average Bonchev–Trinajstić information content (AvgIpc) is 3.13. The van der Waals surface area contributed by atoms with Gasteiger partial charge < -0.3 is 20.4 Å². The van der Waals surface area contributed by atoms with E-state index < -0.39 is 0 Å². The fourth-order valence-corrected chi connectivity index (χ4v) is 3.59. The van der Waals surface area contributed by atoms with E-state index in [2.05, 4.69) is 43.8 Å². The first-order chi connectivity index (χ1) is 14.2. The van der Waals surface area contributed by atoms with Gasteiger partial charge in [0.05, 0.1) is 19.2 Å². The molecule has 1 saturated carbocycles. The number of hydrogen-bond acceptors (Lipinski definition) is 7. The molecular formula is C21H22N6O2. The maximum atomic E-state index is 11.5. The first-order valence-corrected chi connectivity index (χ1v) is 9.58. The Bertz CT molecular complexity index is 1060. The molecule has 1 aliphatic rings. The Morgan fingerprint density at radius 3 is 3.00 bits per heavy atom. The first-order valence-electron chi connectivity index (χ1n) is 9.58. The van der Waals surface area contributed by atoms with Crippen LogP contribution in [0.5, 0.6) is 0 Å². The van der Waals surface area contributed by atoms with Crippen LogP contribution in [0.15, 0.2) is 36.7 Å². The molecule has 0 bridgehead atoms. The zero-order valence-electron chi connectivity index (χ0n) is 16.1. The van der Waals surface area contributed by atoms with Gasteiger partial charge in [-0.3, -0.25) is 4.79 Å². The molecule has 0 unspecified atom stereocenters. The molecule has 2 aromatic heterocycles. The highest BCUT2D eigenvalue weighted by Gasteiger charge is 2.35. The third-order valence-corrected chi connectivity index (χ3v) is 5.28. The average molecular weight is 390 g/mol. The number of rotatable bonds is 7. The van der Waals surface area contributed by atoms with E-state index in [9.17, 15) is 10.1 Å². The summed E-state index contributed by atoms with van der Waals surface area (Å²) in [5.41, 5.74) is 2.73. The number of hydrogen-bond donors (Lipinski definition) is 3. The summed E-state index contributed by atoms with van der Waals surface area (Å²) in [6.07, 6.45) is 5.70. The number of H-pyrrole nitrogens is 1. The van der Waals surface area contributed by atoms with Crippen molar-refractivity contribution in [1.82, 2.24) is 15.0 Å². The van der Waals surface area contributed by atoms with E-state index in [0.29, 0.717) is 36.7 Å². The lowest BCUT2D eigenvalue weighted by atomic mass is 9.80. The predicted molar refractivity (Wildman–Crippen MR) is 109 cm³/mol. The van der Waals surface area contributed by atoms with Crippen LogP contribution in [-0.4, -0.2) is 40.6 Å². The van der Waals surface area contributed by atoms with Gasteiger partial charge in [0.15, 0.2) is 0 Å². The van der Waals surface area contributed by atoms with E-state index in [4.69, 9.17) is 4.74 Å². The molecular weight excluding hydrogens is 368 g/mol. The van der Waals surface area contributed by atoms with Crippen LogP contribution in [-0.2, 0) is 16.0 Å². The molecule has 8 heteroatoms. The number of benzene rings is 1. The lowest BCUT2D eigenvalue weighted by Crippen LogP contribution is -2.40. The van der Waals surface area contributed by atoms with Gasteiger partial charge in [-0.1, -0.05) is 18.2 Å².